The predicted molar refractivity (Wildman–Crippen MR) is 59.9 cm³/mol. The molecule has 1 aromatic rings. The molecule has 0 unspecified atom stereocenters. The number of hydrogen-bond donors (Lipinski definition) is 0. The molecule has 0 bridgehead atoms. The van der Waals surface area contributed by atoms with Gasteiger partial charge in [0.25, 0.3) is 0 Å². The summed E-state index contributed by atoms with van der Waals surface area (Å²) in [6, 6.07) is 6.36. The van der Waals surface area contributed by atoms with Gasteiger partial charge >= 0.3 is 0 Å². The highest BCUT2D eigenvalue weighted by molar-refractivity contribution is 5.58. The molecule has 0 amide bonds. The Balaban J connectivity index is 3.21. The van der Waals surface area contributed by atoms with E-state index in [1.807, 2.05) is 13.0 Å². The summed E-state index contributed by atoms with van der Waals surface area (Å²) in [6.07, 6.45) is 1.92. The highest BCUT2D eigenvalue weighted by Crippen LogP contribution is 2.17. The molecule has 1 rings (SSSR count). The van der Waals surface area contributed by atoms with Crippen molar-refractivity contribution in [1.82, 2.24) is 0 Å². The Hall–Kier alpha value is -1.55. The summed E-state index contributed by atoms with van der Waals surface area (Å²) in [5.41, 5.74) is 5.75. The maximum Gasteiger partial charge on any atom is 0.0944 e. The van der Waals surface area contributed by atoms with Crippen molar-refractivity contribution < 1.29 is 0 Å². The molecule has 0 N–H and O–H groups in total. The first-order valence-electron chi connectivity index (χ1n) is 4.71. The molecule has 0 aliphatic carbocycles. The van der Waals surface area contributed by atoms with Gasteiger partial charge in [0.1, 0.15) is 0 Å². The highest BCUT2D eigenvalue weighted by Gasteiger charge is 1.99. The van der Waals surface area contributed by atoms with Gasteiger partial charge < -0.3 is 0 Å². The normalized spacial score (nSPS) is 11.2. The summed E-state index contributed by atoms with van der Waals surface area (Å²) in [6.45, 7) is 8.14. The fraction of sp³-hybridized carbons (Fsp3) is 0.308. The molecule has 0 radical (unpaired) electrons. The van der Waals surface area contributed by atoms with Crippen molar-refractivity contribution in [2.45, 2.75) is 27.7 Å². The van der Waals surface area contributed by atoms with Crippen LogP contribution in [0, 0.1) is 32.1 Å². The maximum atomic E-state index is 8.67. The number of nitriles is 1. The van der Waals surface area contributed by atoms with Crippen LogP contribution >= 0.6 is 0 Å². The van der Waals surface area contributed by atoms with Gasteiger partial charge in [-0.2, -0.15) is 5.26 Å². The van der Waals surface area contributed by atoms with Crippen LogP contribution in [0.3, 0.4) is 0 Å². The van der Waals surface area contributed by atoms with Crippen LogP contribution in [0.15, 0.2) is 17.7 Å². The fourth-order valence-electron chi connectivity index (χ4n) is 1.43. The van der Waals surface area contributed by atoms with E-state index in [1.54, 1.807) is 0 Å². The molecule has 0 aromatic heterocycles. The Labute approximate surface area is 85.7 Å². The average molecular weight is 185 g/mol. The minimum Gasteiger partial charge on any atom is -0.193 e. The summed E-state index contributed by atoms with van der Waals surface area (Å²) in [5.74, 6) is 0. The zero-order chi connectivity index (χ0) is 10.7. The Bertz CT molecular complexity index is 396. The lowest BCUT2D eigenvalue weighted by Gasteiger charge is -2.06. The van der Waals surface area contributed by atoms with Crippen LogP contribution in [0.5, 0.6) is 0 Å². The van der Waals surface area contributed by atoms with E-state index in [0.717, 1.165) is 11.1 Å². The van der Waals surface area contributed by atoms with E-state index in [1.165, 1.54) is 16.7 Å². The minimum absolute atomic E-state index is 0.743. The second-order valence-corrected chi connectivity index (χ2v) is 3.72. The van der Waals surface area contributed by atoms with Crippen molar-refractivity contribution in [1.29, 1.82) is 5.26 Å². The molecular weight excluding hydrogens is 170 g/mol. The van der Waals surface area contributed by atoms with E-state index < -0.39 is 0 Å². The highest BCUT2D eigenvalue weighted by atomic mass is 14.2. The first kappa shape index (κ1) is 10.5. The smallest absolute Gasteiger partial charge is 0.0944 e. The van der Waals surface area contributed by atoms with Gasteiger partial charge in [-0.3, -0.25) is 0 Å². The molecule has 1 aromatic carbocycles. The van der Waals surface area contributed by atoms with Crippen molar-refractivity contribution in [2.75, 3.05) is 0 Å². The fourth-order valence-corrected chi connectivity index (χ4v) is 1.43. The lowest BCUT2D eigenvalue weighted by molar-refractivity contribution is 1.26. The number of aryl methyl sites for hydroxylation is 2. The molecule has 0 heterocycles. The van der Waals surface area contributed by atoms with E-state index >= 15 is 0 Å². The Morgan fingerprint density at radius 3 is 2.14 bits per heavy atom. The SMILES string of the molecule is C/C(C#N)=C\c1cc(C)c(C)c(C)c1. The van der Waals surface area contributed by atoms with E-state index in [9.17, 15) is 0 Å². The number of hydrogen-bond acceptors (Lipinski definition) is 1. The van der Waals surface area contributed by atoms with E-state index in [-0.39, 0.29) is 0 Å². The van der Waals surface area contributed by atoms with Gasteiger partial charge in [-0.1, -0.05) is 12.1 Å². The quantitative estimate of drug-likeness (QED) is 0.614. The number of rotatable bonds is 1. The summed E-state index contributed by atoms with van der Waals surface area (Å²) in [4.78, 5) is 0. The lowest BCUT2D eigenvalue weighted by atomic mass is 10.00. The van der Waals surface area contributed by atoms with Crippen molar-refractivity contribution in [3.05, 3.63) is 40.0 Å². The minimum atomic E-state index is 0.743. The van der Waals surface area contributed by atoms with E-state index in [4.69, 9.17) is 5.26 Å². The summed E-state index contributed by atoms with van der Waals surface area (Å²) in [7, 11) is 0. The molecule has 0 saturated heterocycles. The van der Waals surface area contributed by atoms with Crippen LogP contribution in [-0.2, 0) is 0 Å². The molecule has 0 aliphatic heterocycles. The molecular formula is C13H15N. The van der Waals surface area contributed by atoms with Crippen molar-refractivity contribution in [3.8, 4) is 6.07 Å². The molecule has 14 heavy (non-hydrogen) atoms. The summed E-state index contributed by atoms with van der Waals surface area (Å²) >= 11 is 0. The molecule has 1 heteroatoms. The molecule has 0 atom stereocenters. The summed E-state index contributed by atoms with van der Waals surface area (Å²) in [5, 5.41) is 8.67. The van der Waals surface area contributed by atoms with Gasteiger partial charge in [0.05, 0.1) is 6.07 Å². The number of nitrogens with zero attached hydrogens (tertiary/aromatic N) is 1. The van der Waals surface area contributed by atoms with Gasteiger partial charge in [-0.15, -0.1) is 0 Å². The van der Waals surface area contributed by atoms with Crippen LogP contribution < -0.4 is 0 Å². The number of benzene rings is 1. The van der Waals surface area contributed by atoms with Gasteiger partial charge in [0.15, 0.2) is 0 Å². The molecule has 0 saturated carbocycles. The lowest BCUT2D eigenvalue weighted by Crippen LogP contribution is -1.88. The third-order valence-corrected chi connectivity index (χ3v) is 2.51. The standard InChI is InChI=1S/C13H15N/c1-9(8-14)5-13-6-10(2)12(4)11(3)7-13/h5-7H,1-4H3/b9-5+. The van der Waals surface area contributed by atoms with Crippen molar-refractivity contribution in [2.24, 2.45) is 0 Å². The van der Waals surface area contributed by atoms with Crippen LogP contribution in [0.4, 0.5) is 0 Å². The van der Waals surface area contributed by atoms with Crippen LogP contribution in [0.25, 0.3) is 6.08 Å². The van der Waals surface area contributed by atoms with E-state index in [2.05, 4.69) is 39.0 Å². The topological polar surface area (TPSA) is 23.8 Å². The van der Waals surface area contributed by atoms with Gasteiger partial charge in [-0.25, -0.2) is 0 Å². The van der Waals surface area contributed by atoms with Crippen LogP contribution in [-0.4, -0.2) is 0 Å². The second-order valence-electron chi connectivity index (χ2n) is 3.72. The maximum absolute atomic E-state index is 8.67. The zero-order valence-corrected chi connectivity index (χ0v) is 9.18. The average Bonchev–Trinajstić information content (AvgIpc) is 2.14. The molecule has 72 valence electrons. The second kappa shape index (κ2) is 4.11. The number of allylic oxidation sites excluding steroid dienone is 1. The Morgan fingerprint density at radius 2 is 1.71 bits per heavy atom. The molecule has 1 nitrogen and oxygen atoms in total. The largest absolute Gasteiger partial charge is 0.193 e. The molecule has 0 fully saturated rings. The van der Waals surface area contributed by atoms with Gasteiger partial charge in [0.2, 0.25) is 0 Å². The Kier molecular flexibility index (Phi) is 3.09. The zero-order valence-electron chi connectivity index (χ0n) is 9.18. The first-order chi connectivity index (χ1) is 6.54. The van der Waals surface area contributed by atoms with Crippen LogP contribution in [0.1, 0.15) is 29.2 Å². The van der Waals surface area contributed by atoms with Crippen LogP contribution in [0.2, 0.25) is 0 Å². The van der Waals surface area contributed by atoms with E-state index in [0.29, 0.717) is 0 Å². The Morgan fingerprint density at radius 1 is 1.21 bits per heavy atom. The molecule has 0 spiro atoms. The van der Waals surface area contributed by atoms with Gasteiger partial charge in [0, 0.05) is 5.57 Å². The van der Waals surface area contributed by atoms with Crippen molar-refractivity contribution >= 4 is 6.08 Å². The first-order valence-corrected chi connectivity index (χ1v) is 4.71. The van der Waals surface area contributed by atoms with Crippen molar-refractivity contribution in [3.63, 3.8) is 0 Å². The monoisotopic (exact) mass is 185 g/mol. The predicted octanol–water partition coefficient (Wildman–Crippen LogP) is 3.54. The third kappa shape index (κ3) is 2.23. The molecule has 0 aliphatic rings. The van der Waals surface area contributed by atoms with Gasteiger partial charge in [-0.05, 0) is 56.0 Å². The third-order valence-electron chi connectivity index (χ3n) is 2.51. The summed E-state index contributed by atoms with van der Waals surface area (Å²) < 4.78 is 0.